The minimum atomic E-state index is -0.363. The molecule has 3 aromatic rings. The van der Waals surface area contributed by atoms with Gasteiger partial charge in [-0.3, -0.25) is 0 Å². The number of aryl methyl sites for hydroxylation is 1. The van der Waals surface area contributed by atoms with Crippen LogP contribution in [-0.2, 0) is 9.49 Å². The van der Waals surface area contributed by atoms with E-state index in [2.05, 4.69) is 23.2 Å². The molecular weight excluding hydrogens is 479 g/mol. The van der Waals surface area contributed by atoms with Gasteiger partial charge in [0.1, 0.15) is 5.65 Å². The van der Waals surface area contributed by atoms with Gasteiger partial charge < -0.3 is 9.30 Å². The molecule has 1 aliphatic heterocycles. The monoisotopic (exact) mass is 499 g/mol. The fraction of sp³-hybridized carbons (Fsp3) is 0.227. The number of imidazole rings is 1. The third-order valence-electron chi connectivity index (χ3n) is 5.07. The predicted molar refractivity (Wildman–Crippen MR) is 106 cm³/mol. The van der Waals surface area contributed by atoms with E-state index in [0.29, 0.717) is 11.1 Å². The molecule has 0 atom stereocenters. The second-order valence-electron chi connectivity index (χ2n) is 6.93. The lowest BCUT2D eigenvalue weighted by molar-refractivity contribution is -0.653. The molecule has 146 valence electrons. The standard InChI is InChI=1S/C22H20IN4O2/c23-29-22(28)18-9-10-20-25-21(17-7-5-16(14-24)6-8-17)19(27(20)15-18)4-3-13-26-11-1-2-12-26/h1,5-11,15,23H,2-4,12-13H2/q+1. The Bertz CT molecular complexity index is 1110. The number of hydrogen-bond acceptors (Lipinski definition) is 5. The van der Waals surface area contributed by atoms with Crippen LogP contribution in [0.2, 0.25) is 0 Å². The normalized spacial score (nSPS) is 13.0. The first-order chi connectivity index (χ1) is 14.2. The largest absolute Gasteiger partial charge is 0.520 e. The number of fused-ring (bicyclic) bond motifs is 1. The summed E-state index contributed by atoms with van der Waals surface area (Å²) >= 11 is 1.31. The van der Waals surface area contributed by atoms with E-state index in [1.165, 1.54) is 23.0 Å². The molecule has 6 nitrogen and oxygen atoms in total. The maximum Gasteiger partial charge on any atom is 0.520 e. The average molecular weight is 499 g/mol. The summed E-state index contributed by atoms with van der Waals surface area (Å²) in [6.45, 7) is 2.05. The van der Waals surface area contributed by atoms with Gasteiger partial charge in [-0.1, -0.05) is 18.2 Å². The van der Waals surface area contributed by atoms with Crippen LogP contribution in [0.3, 0.4) is 0 Å². The number of hydrogen-bond donors (Lipinski definition) is 0. The van der Waals surface area contributed by atoms with Gasteiger partial charge in [0.15, 0.2) is 0 Å². The third kappa shape index (κ3) is 4.12. The molecule has 0 saturated heterocycles. The van der Waals surface area contributed by atoms with E-state index in [-0.39, 0.29) is 5.97 Å². The van der Waals surface area contributed by atoms with Gasteiger partial charge in [0, 0.05) is 24.8 Å². The summed E-state index contributed by atoms with van der Waals surface area (Å²) in [5.41, 5.74) is 4.80. The molecule has 4 rings (SSSR count). The van der Waals surface area contributed by atoms with Gasteiger partial charge >= 0.3 is 29.0 Å². The zero-order valence-electron chi connectivity index (χ0n) is 15.7. The maximum absolute atomic E-state index is 12.0. The summed E-state index contributed by atoms with van der Waals surface area (Å²) in [4.78, 5) is 19.1. The first-order valence-corrected chi connectivity index (χ1v) is 10.4. The van der Waals surface area contributed by atoms with Crippen LogP contribution in [-0.4, -0.2) is 33.3 Å². The van der Waals surface area contributed by atoms with Crippen molar-refractivity contribution in [3.63, 3.8) is 0 Å². The van der Waals surface area contributed by atoms with E-state index in [4.69, 9.17) is 13.3 Å². The number of rotatable bonds is 6. The lowest BCUT2D eigenvalue weighted by Crippen LogP contribution is -3.34. The van der Waals surface area contributed by atoms with E-state index in [1.54, 1.807) is 24.4 Å². The van der Waals surface area contributed by atoms with Gasteiger partial charge in [0.25, 0.3) is 0 Å². The molecule has 3 heterocycles. The van der Waals surface area contributed by atoms with E-state index in [1.807, 2.05) is 22.6 Å². The summed E-state index contributed by atoms with van der Waals surface area (Å²) in [6, 6.07) is 13.2. The van der Waals surface area contributed by atoms with Crippen LogP contribution in [0, 0.1) is 11.3 Å². The van der Waals surface area contributed by atoms with E-state index in [0.717, 1.165) is 55.0 Å². The summed E-state index contributed by atoms with van der Waals surface area (Å²) in [5.74, 6) is -0.363. The van der Waals surface area contributed by atoms with Crippen LogP contribution in [0.15, 0.2) is 54.9 Å². The van der Waals surface area contributed by atoms with Crippen LogP contribution in [0.4, 0.5) is 0 Å². The molecule has 0 fully saturated rings. The van der Waals surface area contributed by atoms with Crippen LogP contribution in [0.25, 0.3) is 16.9 Å². The van der Waals surface area contributed by atoms with Crippen molar-refractivity contribution in [2.75, 3.05) is 13.1 Å². The highest BCUT2D eigenvalue weighted by atomic mass is 127. The molecule has 7 heteroatoms. The first-order valence-electron chi connectivity index (χ1n) is 9.46. The Morgan fingerprint density at radius 2 is 2.07 bits per heavy atom. The molecule has 1 aliphatic rings. The topological polar surface area (TPSA) is 70.6 Å². The zero-order valence-corrected chi connectivity index (χ0v) is 18.1. The van der Waals surface area contributed by atoms with Gasteiger partial charge in [-0.25, -0.2) is 12.8 Å². The van der Waals surface area contributed by atoms with Crippen molar-refractivity contribution in [3.05, 3.63) is 71.7 Å². The van der Waals surface area contributed by atoms with E-state index < -0.39 is 0 Å². The molecule has 0 radical (unpaired) electrons. The Balaban J connectivity index is 1.72. The molecule has 2 aromatic heterocycles. The van der Waals surface area contributed by atoms with E-state index in [9.17, 15) is 4.79 Å². The quantitative estimate of drug-likeness (QED) is 0.459. The number of halogens is 1. The van der Waals surface area contributed by atoms with E-state index >= 15 is 0 Å². The Morgan fingerprint density at radius 1 is 1.24 bits per heavy atom. The highest BCUT2D eigenvalue weighted by molar-refractivity contribution is 5.89. The summed E-state index contributed by atoms with van der Waals surface area (Å²) in [5, 5.41) is 9.07. The van der Waals surface area contributed by atoms with Crippen molar-refractivity contribution in [3.8, 4) is 17.3 Å². The number of nitriles is 1. The fourth-order valence-electron chi connectivity index (χ4n) is 3.61. The van der Waals surface area contributed by atoms with Gasteiger partial charge in [-0.15, -0.1) is 0 Å². The SMILES string of the molecule is N#Cc1ccc(-c2nc3ccc(C(=O)O[IH+])cn3c2CCCN2C=CCC2)cc1. The van der Waals surface area contributed by atoms with Crippen LogP contribution in [0.1, 0.15) is 34.5 Å². The van der Waals surface area contributed by atoms with Crippen LogP contribution < -0.4 is 23.0 Å². The Hall–Kier alpha value is -2.86. The summed E-state index contributed by atoms with van der Waals surface area (Å²) in [7, 11) is 0. The van der Waals surface area contributed by atoms with Crippen molar-refractivity contribution >= 4 is 11.6 Å². The molecule has 29 heavy (non-hydrogen) atoms. The summed E-state index contributed by atoms with van der Waals surface area (Å²) < 4.78 is 6.87. The second-order valence-corrected chi connectivity index (χ2v) is 7.40. The van der Waals surface area contributed by atoms with Crippen molar-refractivity contribution < 1.29 is 30.9 Å². The number of pyridine rings is 1. The molecule has 0 saturated carbocycles. The van der Waals surface area contributed by atoms with Crippen LogP contribution >= 0.6 is 0 Å². The molecule has 0 bridgehead atoms. The highest BCUT2D eigenvalue weighted by Gasteiger charge is 2.18. The molecule has 0 unspecified atom stereocenters. The molecule has 0 spiro atoms. The van der Waals surface area contributed by atoms with Crippen molar-refractivity contribution in [1.82, 2.24) is 14.3 Å². The number of aromatic nitrogens is 2. The third-order valence-corrected chi connectivity index (χ3v) is 5.51. The maximum atomic E-state index is 12.0. The molecular formula is C22H20IN4O2+. The van der Waals surface area contributed by atoms with Gasteiger partial charge in [0.2, 0.25) is 0 Å². The number of benzene rings is 1. The minimum Gasteiger partial charge on any atom is -0.377 e. The molecule has 0 amide bonds. The van der Waals surface area contributed by atoms with Crippen LogP contribution in [0.5, 0.6) is 0 Å². The predicted octanol–water partition coefficient (Wildman–Crippen LogP) is 0.382. The van der Waals surface area contributed by atoms with Crippen molar-refractivity contribution in [1.29, 1.82) is 5.26 Å². The number of nitrogens with zero attached hydrogens (tertiary/aromatic N) is 4. The average Bonchev–Trinajstić information content (AvgIpc) is 3.41. The lowest BCUT2D eigenvalue weighted by Gasteiger charge is -2.15. The van der Waals surface area contributed by atoms with Crippen molar-refractivity contribution in [2.45, 2.75) is 19.3 Å². The second kappa shape index (κ2) is 8.66. The molecule has 1 aromatic carbocycles. The zero-order chi connectivity index (χ0) is 20.2. The first kappa shape index (κ1) is 19.5. The minimum absolute atomic E-state index is 0.363. The molecule has 0 aliphatic carbocycles. The summed E-state index contributed by atoms with van der Waals surface area (Å²) in [6.07, 6.45) is 9.06. The Kier molecular flexibility index (Phi) is 5.81. The molecule has 0 N–H and O–H groups in total. The fourth-order valence-corrected chi connectivity index (χ4v) is 3.88. The lowest BCUT2D eigenvalue weighted by atomic mass is 10.1. The number of carbonyl (C=O) groups is 1. The Labute approximate surface area is 183 Å². The number of carbonyl (C=O) groups excluding carboxylic acids is 1. The van der Waals surface area contributed by atoms with Gasteiger partial charge in [-0.2, -0.15) is 5.26 Å². The van der Waals surface area contributed by atoms with Crippen molar-refractivity contribution in [2.24, 2.45) is 0 Å². The highest BCUT2D eigenvalue weighted by Crippen LogP contribution is 2.27. The Morgan fingerprint density at radius 3 is 2.76 bits per heavy atom. The van der Waals surface area contributed by atoms with Gasteiger partial charge in [0.05, 0.1) is 28.6 Å². The van der Waals surface area contributed by atoms with Gasteiger partial charge in [-0.05, 0) is 49.7 Å². The smallest absolute Gasteiger partial charge is 0.377 e.